The molecule has 0 spiro atoms. The first-order chi connectivity index (χ1) is 24.3. The van der Waals surface area contributed by atoms with Crippen molar-refractivity contribution in [1.82, 2.24) is 0 Å². The van der Waals surface area contributed by atoms with Crippen molar-refractivity contribution in [3.63, 3.8) is 0 Å². The molecule has 0 fully saturated rings. The highest BCUT2D eigenvalue weighted by Crippen LogP contribution is 2.40. The van der Waals surface area contributed by atoms with Gasteiger partial charge in [-0.1, -0.05) is 127 Å². The van der Waals surface area contributed by atoms with Gasteiger partial charge >= 0.3 is 0 Å². The molecule has 0 bridgehead atoms. The predicted molar refractivity (Wildman–Crippen MR) is 208 cm³/mol. The number of hydrogen-bond donors (Lipinski definition) is 0. The zero-order chi connectivity index (χ0) is 32.3. The van der Waals surface area contributed by atoms with Crippen LogP contribution in [0.5, 0.6) is 0 Å². The van der Waals surface area contributed by atoms with Crippen molar-refractivity contribution < 1.29 is 4.42 Å². The first kappa shape index (κ1) is 28.0. The highest BCUT2D eigenvalue weighted by atomic mass is 32.1. The van der Waals surface area contributed by atoms with Gasteiger partial charge in [-0.05, 0) is 57.8 Å². The molecule has 9 aromatic rings. The van der Waals surface area contributed by atoms with Crippen LogP contribution in [0.3, 0.4) is 0 Å². The van der Waals surface area contributed by atoms with Crippen molar-refractivity contribution in [2.45, 2.75) is 6.42 Å². The number of thiophene rings is 1. The SMILES string of the molecule is C1=C(c2cccc3c2sc2ccccc23)N=C(c2cccc3oc4ccc(-c5ccc6ccccc6c5)cc4c23)N=C(c2ccccc2)C1. The van der Waals surface area contributed by atoms with Crippen molar-refractivity contribution in [2.24, 2.45) is 9.98 Å². The molecule has 3 nitrogen and oxygen atoms in total. The van der Waals surface area contributed by atoms with Crippen LogP contribution in [0.25, 0.3) is 69.7 Å². The summed E-state index contributed by atoms with van der Waals surface area (Å²) < 4.78 is 9.00. The molecule has 10 rings (SSSR count). The van der Waals surface area contributed by atoms with Crippen LogP contribution in [0.1, 0.15) is 23.1 Å². The fraction of sp³-hybridized carbons (Fsp3) is 0.0222. The first-order valence-corrected chi connectivity index (χ1v) is 17.4. The summed E-state index contributed by atoms with van der Waals surface area (Å²) in [6, 6.07) is 53.5. The number of nitrogens with zero attached hydrogens (tertiary/aromatic N) is 2. The lowest BCUT2D eigenvalue weighted by Crippen LogP contribution is -2.05. The quantitative estimate of drug-likeness (QED) is 0.188. The number of hydrogen-bond acceptors (Lipinski definition) is 4. The van der Waals surface area contributed by atoms with Crippen molar-refractivity contribution in [3.05, 3.63) is 174 Å². The molecule has 0 N–H and O–H groups in total. The van der Waals surface area contributed by atoms with Crippen LogP contribution >= 0.6 is 11.3 Å². The van der Waals surface area contributed by atoms with Gasteiger partial charge in [0.15, 0.2) is 5.84 Å². The fourth-order valence-corrected chi connectivity index (χ4v) is 8.39. The summed E-state index contributed by atoms with van der Waals surface area (Å²) in [5.41, 5.74) is 9.08. The zero-order valence-electron chi connectivity index (χ0n) is 26.4. The molecule has 3 heterocycles. The Hall–Kier alpha value is -6.10. The highest BCUT2D eigenvalue weighted by molar-refractivity contribution is 7.26. The summed E-state index contributed by atoms with van der Waals surface area (Å²) in [5.74, 6) is 0.685. The maximum Gasteiger partial charge on any atom is 0.160 e. The largest absolute Gasteiger partial charge is 0.456 e. The molecule has 0 aliphatic carbocycles. The molecule has 2 aromatic heterocycles. The van der Waals surface area contributed by atoms with Crippen LogP contribution in [0, 0.1) is 0 Å². The summed E-state index contributed by atoms with van der Waals surface area (Å²) in [4.78, 5) is 10.8. The van der Waals surface area contributed by atoms with Crippen molar-refractivity contribution in [3.8, 4) is 11.1 Å². The molecule has 1 aliphatic rings. The lowest BCUT2D eigenvalue weighted by atomic mass is 9.98. The van der Waals surface area contributed by atoms with E-state index in [-0.39, 0.29) is 0 Å². The van der Waals surface area contributed by atoms with Gasteiger partial charge in [-0.2, -0.15) is 0 Å². The fourth-order valence-electron chi connectivity index (χ4n) is 7.17. The van der Waals surface area contributed by atoms with Gasteiger partial charge in [0.25, 0.3) is 0 Å². The van der Waals surface area contributed by atoms with Gasteiger partial charge < -0.3 is 4.42 Å². The van der Waals surface area contributed by atoms with E-state index in [1.165, 1.54) is 36.5 Å². The Kier molecular flexibility index (Phi) is 6.42. The number of furan rings is 1. The van der Waals surface area contributed by atoms with Gasteiger partial charge in [-0.25, -0.2) is 9.98 Å². The molecule has 0 radical (unpaired) electrons. The van der Waals surface area contributed by atoms with Gasteiger partial charge in [0.05, 0.1) is 11.4 Å². The Morgan fingerprint density at radius 2 is 1.27 bits per heavy atom. The van der Waals surface area contributed by atoms with Gasteiger partial charge in [0.1, 0.15) is 11.2 Å². The average Bonchev–Trinajstić information content (AvgIpc) is 3.65. The van der Waals surface area contributed by atoms with E-state index in [0.29, 0.717) is 12.3 Å². The zero-order valence-corrected chi connectivity index (χ0v) is 27.2. The number of fused-ring (bicyclic) bond motifs is 7. The molecule has 49 heavy (non-hydrogen) atoms. The van der Waals surface area contributed by atoms with E-state index in [1.807, 2.05) is 29.5 Å². The monoisotopic (exact) mass is 644 g/mol. The highest BCUT2D eigenvalue weighted by Gasteiger charge is 2.21. The van der Waals surface area contributed by atoms with Gasteiger partial charge in [-0.3, -0.25) is 0 Å². The maximum absolute atomic E-state index is 6.47. The van der Waals surface area contributed by atoms with Crippen LogP contribution in [-0.2, 0) is 0 Å². The summed E-state index contributed by atoms with van der Waals surface area (Å²) >= 11 is 1.83. The van der Waals surface area contributed by atoms with E-state index >= 15 is 0 Å². The van der Waals surface area contributed by atoms with E-state index in [1.54, 1.807) is 0 Å². The number of benzene rings is 7. The predicted octanol–water partition coefficient (Wildman–Crippen LogP) is 12.5. The second-order valence-electron chi connectivity index (χ2n) is 12.5. The smallest absolute Gasteiger partial charge is 0.160 e. The Morgan fingerprint density at radius 3 is 2.20 bits per heavy atom. The number of aliphatic imine (C=N–C) groups is 2. The Bertz CT molecular complexity index is 2850. The summed E-state index contributed by atoms with van der Waals surface area (Å²) in [7, 11) is 0. The van der Waals surface area contributed by atoms with Crippen molar-refractivity contribution >= 4 is 81.5 Å². The number of allylic oxidation sites excluding steroid dienone is 1. The van der Waals surface area contributed by atoms with E-state index in [2.05, 4.69) is 140 Å². The van der Waals surface area contributed by atoms with Gasteiger partial charge in [-0.15, -0.1) is 11.3 Å². The van der Waals surface area contributed by atoms with E-state index < -0.39 is 0 Å². The van der Waals surface area contributed by atoms with Crippen molar-refractivity contribution in [1.29, 1.82) is 0 Å². The molecular weight excluding hydrogens is 617 g/mol. The van der Waals surface area contributed by atoms with Gasteiger partial charge in [0, 0.05) is 48.5 Å². The second kappa shape index (κ2) is 11.3. The summed E-state index contributed by atoms with van der Waals surface area (Å²) in [6.07, 6.45) is 2.91. The minimum absolute atomic E-state index is 0.669. The van der Waals surface area contributed by atoms with Crippen LogP contribution in [0.2, 0.25) is 0 Å². The van der Waals surface area contributed by atoms with E-state index in [4.69, 9.17) is 14.4 Å². The van der Waals surface area contributed by atoms with Crippen LogP contribution in [-0.4, -0.2) is 11.5 Å². The maximum atomic E-state index is 6.47. The van der Waals surface area contributed by atoms with Crippen LogP contribution in [0.4, 0.5) is 0 Å². The molecule has 1 aliphatic heterocycles. The molecule has 0 saturated carbocycles. The van der Waals surface area contributed by atoms with Gasteiger partial charge in [0.2, 0.25) is 0 Å². The average molecular weight is 645 g/mol. The third-order valence-corrected chi connectivity index (χ3v) is 10.8. The molecule has 0 amide bonds. The van der Waals surface area contributed by atoms with E-state index in [0.717, 1.165) is 55.6 Å². The molecule has 0 unspecified atom stereocenters. The molecular formula is C45H28N2OS. The number of rotatable bonds is 4. The summed E-state index contributed by atoms with van der Waals surface area (Å²) in [6.45, 7) is 0. The van der Waals surface area contributed by atoms with Crippen molar-refractivity contribution in [2.75, 3.05) is 0 Å². The third kappa shape index (κ3) is 4.72. The second-order valence-corrected chi connectivity index (χ2v) is 13.5. The lowest BCUT2D eigenvalue weighted by Gasteiger charge is -2.08. The minimum atomic E-state index is 0.669. The van der Waals surface area contributed by atoms with Crippen LogP contribution in [0.15, 0.2) is 172 Å². The molecule has 0 saturated heterocycles. The Morgan fingerprint density at radius 1 is 0.510 bits per heavy atom. The molecule has 230 valence electrons. The standard InChI is InChI=1S/C45H28N2OS/c1-2-11-29(12-3-1)38-23-24-39(35-16-8-15-34-33-14-6-7-19-42(33)49-44(34)35)47-45(46-38)36-17-9-18-41-43(36)37-27-32(22-25-40(37)48-41)31-21-20-28-10-4-5-13-30(28)26-31/h1-22,24-27H,23H2. The Balaban J connectivity index is 1.19. The molecule has 7 aromatic carbocycles. The topological polar surface area (TPSA) is 37.9 Å². The molecule has 0 atom stereocenters. The Labute approximate surface area is 286 Å². The van der Waals surface area contributed by atoms with Crippen LogP contribution < -0.4 is 0 Å². The minimum Gasteiger partial charge on any atom is -0.456 e. The van der Waals surface area contributed by atoms with E-state index in [9.17, 15) is 0 Å². The third-order valence-electron chi connectivity index (χ3n) is 9.56. The molecule has 4 heteroatoms. The first-order valence-electron chi connectivity index (χ1n) is 16.5. The normalized spacial score (nSPS) is 13.6. The number of amidine groups is 1. The lowest BCUT2D eigenvalue weighted by molar-refractivity contribution is 0.669. The summed E-state index contributed by atoms with van der Waals surface area (Å²) in [5, 5.41) is 7.07.